The predicted molar refractivity (Wildman–Crippen MR) is 66.3 cm³/mol. The standard InChI is InChI=1S/C14H16FNO/c1-10-8-12(6-7-13(10)15)16-9-11-4-2-3-5-14(11)17/h6-9,16H,2-5H2,1H3. The third-order valence-corrected chi connectivity index (χ3v) is 3.03. The minimum atomic E-state index is -0.211. The van der Waals surface area contributed by atoms with Crippen LogP contribution in [0.15, 0.2) is 30.0 Å². The van der Waals surface area contributed by atoms with Crippen LogP contribution in [-0.4, -0.2) is 5.78 Å². The van der Waals surface area contributed by atoms with E-state index in [2.05, 4.69) is 5.32 Å². The number of carbonyl (C=O) groups excluding carboxylic acids is 1. The van der Waals surface area contributed by atoms with E-state index in [0.29, 0.717) is 12.0 Å². The van der Waals surface area contributed by atoms with Gasteiger partial charge in [-0.1, -0.05) is 0 Å². The third kappa shape index (κ3) is 2.93. The van der Waals surface area contributed by atoms with Gasteiger partial charge in [0, 0.05) is 23.9 Å². The molecule has 1 aliphatic rings. The molecule has 0 saturated heterocycles. The van der Waals surface area contributed by atoms with Crippen molar-refractivity contribution in [1.82, 2.24) is 0 Å². The molecule has 2 rings (SSSR count). The highest BCUT2D eigenvalue weighted by molar-refractivity contribution is 5.96. The van der Waals surface area contributed by atoms with E-state index in [1.165, 1.54) is 6.07 Å². The molecule has 0 bridgehead atoms. The average Bonchev–Trinajstić information content (AvgIpc) is 2.32. The van der Waals surface area contributed by atoms with Gasteiger partial charge in [0.2, 0.25) is 0 Å². The third-order valence-electron chi connectivity index (χ3n) is 3.03. The van der Waals surface area contributed by atoms with Crippen LogP contribution in [0.3, 0.4) is 0 Å². The average molecular weight is 233 g/mol. The number of rotatable bonds is 2. The van der Waals surface area contributed by atoms with Crippen LogP contribution >= 0.6 is 0 Å². The number of halogens is 1. The number of ketones is 1. The van der Waals surface area contributed by atoms with Crippen LogP contribution in [0.25, 0.3) is 0 Å². The van der Waals surface area contributed by atoms with Gasteiger partial charge in [-0.15, -0.1) is 0 Å². The van der Waals surface area contributed by atoms with Gasteiger partial charge < -0.3 is 5.32 Å². The lowest BCUT2D eigenvalue weighted by Crippen LogP contribution is -2.09. The van der Waals surface area contributed by atoms with E-state index in [4.69, 9.17) is 0 Å². The molecule has 0 heterocycles. The highest BCUT2D eigenvalue weighted by Crippen LogP contribution is 2.20. The van der Waals surface area contributed by atoms with Gasteiger partial charge in [-0.25, -0.2) is 4.39 Å². The van der Waals surface area contributed by atoms with E-state index in [-0.39, 0.29) is 11.6 Å². The van der Waals surface area contributed by atoms with Crippen LogP contribution in [0.4, 0.5) is 10.1 Å². The number of aryl methyl sites for hydroxylation is 1. The zero-order chi connectivity index (χ0) is 12.3. The molecule has 0 atom stereocenters. The second-order valence-corrected chi connectivity index (χ2v) is 4.41. The molecule has 1 N–H and O–H groups in total. The van der Waals surface area contributed by atoms with Gasteiger partial charge in [0.05, 0.1) is 0 Å². The maximum Gasteiger partial charge on any atom is 0.160 e. The Morgan fingerprint density at radius 1 is 1.29 bits per heavy atom. The summed E-state index contributed by atoms with van der Waals surface area (Å²) in [6, 6.07) is 4.84. The van der Waals surface area contributed by atoms with E-state index in [1.807, 2.05) is 0 Å². The van der Waals surface area contributed by atoms with Crippen molar-refractivity contribution in [3.63, 3.8) is 0 Å². The second kappa shape index (κ2) is 5.13. The molecule has 1 aromatic rings. The fraction of sp³-hybridized carbons (Fsp3) is 0.357. The lowest BCUT2D eigenvalue weighted by molar-refractivity contribution is -0.116. The first-order valence-electron chi connectivity index (χ1n) is 5.92. The number of allylic oxidation sites excluding steroid dienone is 1. The normalized spacial score (nSPS) is 18.5. The first-order valence-corrected chi connectivity index (χ1v) is 5.92. The molecular weight excluding hydrogens is 217 g/mol. The van der Waals surface area contributed by atoms with E-state index in [0.717, 1.165) is 30.5 Å². The quantitative estimate of drug-likeness (QED) is 0.791. The Morgan fingerprint density at radius 2 is 2.06 bits per heavy atom. The maximum atomic E-state index is 13.1. The Kier molecular flexibility index (Phi) is 3.57. The smallest absolute Gasteiger partial charge is 0.160 e. The highest BCUT2D eigenvalue weighted by Gasteiger charge is 2.14. The Labute approximate surface area is 101 Å². The van der Waals surface area contributed by atoms with Crippen molar-refractivity contribution in [3.05, 3.63) is 41.4 Å². The van der Waals surface area contributed by atoms with Crippen LogP contribution < -0.4 is 5.32 Å². The molecule has 17 heavy (non-hydrogen) atoms. The number of benzene rings is 1. The van der Waals surface area contributed by atoms with Crippen LogP contribution in [0, 0.1) is 12.7 Å². The Bertz CT molecular complexity index is 465. The molecule has 0 aromatic heterocycles. The lowest BCUT2D eigenvalue weighted by atomic mass is 9.94. The van der Waals surface area contributed by atoms with Crippen molar-refractivity contribution in [2.45, 2.75) is 32.6 Å². The van der Waals surface area contributed by atoms with E-state index < -0.39 is 0 Å². The summed E-state index contributed by atoms with van der Waals surface area (Å²) in [5.41, 5.74) is 2.26. The summed E-state index contributed by atoms with van der Waals surface area (Å²) in [7, 11) is 0. The zero-order valence-corrected chi connectivity index (χ0v) is 9.92. The highest BCUT2D eigenvalue weighted by atomic mass is 19.1. The Balaban J connectivity index is 2.08. The molecule has 3 heteroatoms. The van der Waals surface area contributed by atoms with Gasteiger partial charge in [-0.2, -0.15) is 0 Å². The lowest BCUT2D eigenvalue weighted by Gasteiger charge is -2.13. The molecular formula is C14H16FNO. The van der Waals surface area contributed by atoms with Crippen molar-refractivity contribution in [2.24, 2.45) is 0 Å². The SMILES string of the molecule is Cc1cc(NC=C2CCCCC2=O)ccc1F. The number of hydrogen-bond donors (Lipinski definition) is 1. The molecule has 1 aromatic carbocycles. The predicted octanol–water partition coefficient (Wildman–Crippen LogP) is 3.57. The first-order chi connectivity index (χ1) is 8.16. The fourth-order valence-electron chi connectivity index (χ4n) is 1.96. The molecule has 0 unspecified atom stereocenters. The first kappa shape index (κ1) is 11.8. The van der Waals surface area contributed by atoms with Crippen LogP contribution in [0.1, 0.15) is 31.2 Å². The maximum absolute atomic E-state index is 13.1. The number of anilines is 1. The van der Waals surface area contributed by atoms with Crippen molar-refractivity contribution >= 4 is 11.5 Å². The molecule has 90 valence electrons. The van der Waals surface area contributed by atoms with E-state index in [9.17, 15) is 9.18 Å². The van der Waals surface area contributed by atoms with Gasteiger partial charge in [0.1, 0.15) is 5.82 Å². The summed E-state index contributed by atoms with van der Waals surface area (Å²) in [5, 5.41) is 3.06. The molecule has 0 spiro atoms. The molecule has 0 amide bonds. The summed E-state index contributed by atoms with van der Waals surface area (Å²) < 4.78 is 13.1. The summed E-state index contributed by atoms with van der Waals surface area (Å²) in [5.74, 6) is 0.0135. The zero-order valence-electron chi connectivity index (χ0n) is 9.92. The summed E-state index contributed by atoms with van der Waals surface area (Å²) >= 11 is 0. The van der Waals surface area contributed by atoms with Crippen LogP contribution in [-0.2, 0) is 4.79 Å². The second-order valence-electron chi connectivity index (χ2n) is 4.41. The Morgan fingerprint density at radius 3 is 2.76 bits per heavy atom. The van der Waals surface area contributed by atoms with Gasteiger partial charge in [-0.05, 0) is 49.9 Å². The van der Waals surface area contributed by atoms with Crippen LogP contribution in [0.5, 0.6) is 0 Å². The monoisotopic (exact) mass is 233 g/mol. The molecule has 0 aliphatic heterocycles. The molecule has 0 radical (unpaired) electrons. The fourth-order valence-corrected chi connectivity index (χ4v) is 1.96. The van der Waals surface area contributed by atoms with Crippen molar-refractivity contribution < 1.29 is 9.18 Å². The summed E-state index contributed by atoms with van der Waals surface area (Å²) in [6.07, 6.45) is 5.31. The number of Topliss-reactive ketones (excluding diaryl/α,β-unsaturated/α-hetero) is 1. The van der Waals surface area contributed by atoms with Gasteiger partial charge in [0.25, 0.3) is 0 Å². The largest absolute Gasteiger partial charge is 0.361 e. The number of nitrogens with one attached hydrogen (secondary N) is 1. The van der Waals surface area contributed by atoms with E-state index in [1.54, 1.807) is 25.3 Å². The molecule has 1 fully saturated rings. The number of hydrogen-bond acceptors (Lipinski definition) is 2. The molecule has 2 nitrogen and oxygen atoms in total. The van der Waals surface area contributed by atoms with Gasteiger partial charge in [-0.3, -0.25) is 4.79 Å². The molecule has 1 aliphatic carbocycles. The topological polar surface area (TPSA) is 29.1 Å². The van der Waals surface area contributed by atoms with Crippen molar-refractivity contribution in [1.29, 1.82) is 0 Å². The minimum Gasteiger partial charge on any atom is -0.361 e. The molecule has 1 saturated carbocycles. The van der Waals surface area contributed by atoms with Gasteiger partial charge in [0.15, 0.2) is 5.78 Å². The van der Waals surface area contributed by atoms with Gasteiger partial charge >= 0.3 is 0 Å². The summed E-state index contributed by atoms with van der Waals surface area (Å²) in [4.78, 5) is 11.6. The van der Waals surface area contributed by atoms with E-state index >= 15 is 0 Å². The van der Waals surface area contributed by atoms with Crippen molar-refractivity contribution in [3.8, 4) is 0 Å². The number of carbonyl (C=O) groups is 1. The summed E-state index contributed by atoms with van der Waals surface area (Å²) in [6.45, 7) is 1.72. The van der Waals surface area contributed by atoms with Crippen LogP contribution in [0.2, 0.25) is 0 Å². The Hall–Kier alpha value is -1.64. The minimum absolute atomic E-state index is 0.211. The van der Waals surface area contributed by atoms with Crippen molar-refractivity contribution in [2.75, 3.05) is 5.32 Å².